The summed E-state index contributed by atoms with van der Waals surface area (Å²) in [5, 5.41) is 0. The Morgan fingerprint density at radius 3 is 2.65 bits per heavy atom. The number of nitrogens with two attached hydrogens (primary N) is 1. The van der Waals surface area contributed by atoms with E-state index >= 15 is 0 Å². The smallest absolute Gasteiger partial charge is 0.230 e. The first-order chi connectivity index (χ1) is 9.66. The highest BCUT2D eigenvalue weighted by Gasteiger charge is 2.45. The lowest BCUT2D eigenvalue weighted by atomic mass is 9.72. The van der Waals surface area contributed by atoms with Crippen LogP contribution in [0.4, 0.5) is 0 Å². The van der Waals surface area contributed by atoms with Crippen LogP contribution in [0.5, 0.6) is 0 Å². The summed E-state index contributed by atoms with van der Waals surface area (Å²) < 4.78 is 0. The summed E-state index contributed by atoms with van der Waals surface area (Å²) in [6.07, 6.45) is 8.15. The predicted octanol–water partition coefficient (Wildman–Crippen LogP) is 1.59. The van der Waals surface area contributed by atoms with Gasteiger partial charge in [-0.1, -0.05) is 19.3 Å². The van der Waals surface area contributed by atoms with E-state index in [0.717, 1.165) is 25.9 Å². The van der Waals surface area contributed by atoms with E-state index in [1.807, 2.05) is 0 Å². The van der Waals surface area contributed by atoms with Gasteiger partial charge in [0.05, 0.1) is 5.41 Å². The molecule has 3 aliphatic rings. The van der Waals surface area contributed by atoms with E-state index < -0.39 is 0 Å². The largest absolute Gasteiger partial charge is 0.337 e. The second-order valence-corrected chi connectivity index (χ2v) is 7.14. The van der Waals surface area contributed by atoms with E-state index in [-0.39, 0.29) is 5.41 Å². The van der Waals surface area contributed by atoms with E-state index in [1.54, 1.807) is 0 Å². The second kappa shape index (κ2) is 5.64. The maximum absolute atomic E-state index is 13.1. The SMILES string of the molecule is CC1CN2CCCC2CN1C(=O)C1(CN)CCCCC1. The Kier molecular flexibility index (Phi) is 4.04. The Labute approximate surface area is 122 Å². The summed E-state index contributed by atoms with van der Waals surface area (Å²) >= 11 is 0. The number of fused-ring (bicyclic) bond motifs is 1. The van der Waals surface area contributed by atoms with Gasteiger partial charge >= 0.3 is 0 Å². The van der Waals surface area contributed by atoms with Crippen molar-refractivity contribution in [3.63, 3.8) is 0 Å². The zero-order valence-electron chi connectivity index (χ0n) is 12.8. The van der Waals surface area contributed by atoms with Crippen LogP contribution >= 0.6 is 0 Å². The van der Waals surface area contributed by atoms with Crippen molar-refractivity contribution >= 4 is 5.91 Å². The first-order valence-corrected chi connectivity index (χ1v) is 8.41. The maximum Gasteiger partial charge on any atom is 0.230 e. The number of hydrogen-bond acceptors (Lipinski definition) is 3. The zero-order chi connectivity index (χ0) is 14.2. The van der Waals surface area contributed by atoms with Crippen LogP contribution in [0, 0.1) is 5.41 Å². The van der Waals surface area contributed by atoms with E-state index in [4.69, 9.17) is 5.73 Å². The summed E-state index contributed by atoms with van der Waals surface area (Å²) in [6.45, 7) is 5.95. The molecule has 1 saturated carbocycles. The Morgan fingerprint density at radius 2 is 1.95 bits per heavy atom. The number of rotatable bonds is 2. The summed E-state index contributed by atoms with van der Waals surface area (Å²) in [5.41, 5.74) is 5.80. The number of carbonyl (C=O) groups is 1. The Hall–Kier alpha value is -0.610. The molecule has 1 aliphatic carbocycles. The normalized spacial score (nSPS) is 34.0. The van der Waals surface area contributed by atoms with Crippen LogP contribution in [0.1, 0.15) is 51.9 Å². The van der Waals surface area contributed by atoms with Gasteiger partial charge in [0.25, 0.3) is 0 Å². The number of amides is 1. The fraction of sp³-hybridized carbons (Fsp3) is 0.938. The molecule has 2 heterocycles. The van der Waals surface area contributed by atoms with E-state index in [0.29, 0.717) is 24.5 Å². The van der Waals surface area contributed by atoms with Crippen molar-refractivity contribution < 1.29 is 4.79 Å². The first-order valence-electron chi connectivity index (χ1n) is 8.41. The minimum atomic E-state index is -0.243. The Balaban J connectivity index is 1.74. The summed E-state index contributed by atoms with van der Waals surface area (Å²) in [7, 11) is 0. The molecule has 4 heteroatoms. The summed E-state index contributed by atoms with van der Waals surface area (Å²) in [4.78, 5) is 17.9. The third-order valence-electron chi connectivity index (χ3n) is 5.85. The van der Waals surface area contributed by atoms with Crippen molar-refractivity contribution in [2.24, 2.45) is 11.1 Å². The molecule has 0 spiro atoms. The Morgan fingerprint density at radius 1 is 1.20 bits per heavy atom. The van der Waals surface area contributed by atoms with Crippen molar-refractivity contribution in [2.75, 3.05) is 26.2 Å². The zero-order valence-corrected chi connectivity index (χ0v) is 12.8. The third kappa shape index (κ3) is 2.37. The second-order valence-electron chi connectivity index (χ2n) is 7.14. The van der Waals surface area contributed by atoms with Gasteiger partial charge in [-0.3, -0.25) is 9.69 Å². The monoisotopic (exact) mass is 279 g/mol. The molecule has 3 fully saturated rings. The highest BCUT2D eigenvalue weighted by Crippen LogP contribution is 2.38. The van der Waals surface area contributed by atoms with Gasteiger partial charge in [0.1, 0.15) is 0 Å². The van der Waals surface area contributed by atoms with Crippen molar-refractivity contribution in [3.05, 3.63) is 0 Å². The third-order valence-corrected chi connectivity index (χ3v) is 5.85. The average molecular weight is 279 g/mol. The molecule has 3 rings (SSSR count). The van der Waals surface area contributed by atoms with E-state index in [2.05, 4.69) is 16.7 Å². The van der Waals surface area contributed by atoms with E-state index in [9.17, 15) is 4.79 Å². The molecule has 2 unspecified atom stereocenters. The number of hydrogen-bond donors (Lipinski definition) is 1. The van der Waals surface area contributed by atoms with E-state index in [1.165, 1.54) is 38.6 Å². The molecule has 2 N–H and O–H groups in total. The molecule has 2 saturated heterocycles. The van der Waals surface area contributed by atoms with Crippen LogP contribution in [-0.4, -0.2) is 54.0 Å². The molecule has 0 bridgehead atoms. The van der Waals surface area contributed by atoms with Gasteiger partial charge in [-0.15, -0.1) is 0 Å². The molecule has 4 nitrogen and oxygen atoms in total. The van der Waals surface area contributed by atoms with Gasteiger partial charge in [0.15, 0.2) is 0 Å². The molecule has 2 aliphatic heterocycles. The van der Waals surface area contributed by atoms with Gasteiger partial charge in [0, 0.05) is 31.7 Å². The fourth-order valence-electron chi connectivity index (χ4n) is 4.51. The molecule has 0 aromatic rings. The van der Waals surface area contributed by atoms with Gasteiger partial charge in [-0.05, 0) is 39.2 Å². The molecule has 114 valence electrons. The van der Waals surface area contributed by atoms with Crippen LogP contribution in [0.3, 0.4) is 0 Å². The number of piperazine rings is 1. The van der Waals surface area contributed by atoms with Crippen LogP contribution in [0.15, 0.2) is 0 Å². The minimum Gasteiger partial charge on any atom is -0.337 e. The topological polar surface area (TPSA) is 49.6 Å². The van der Waals surface area contributed by atoms with Crippen LogP contribution in [-0.2, 0) is 4.79 Å². The highest BCUT2D eigenvalue weighted by atomic mass is 16.2. The molecular formula is C16H29N3O. The number of carbonyl (C=O) groups excluding carboxylic acids is 1. The lowest BCUT2D eigenvalue weighted by Crippen LogP contribution is -2.61. The summed E-state index contributed by atoms with van der Waals surface area (Å²) in [5.74, 6) is 0.360. The first kappa shape index (κ1) is 14.3. The van der Waals surface area contributed by atoms with Crippen LogP contribution in [0.2, 0.25) is 0 Å². The van der Waals surface area contributed by atoms with Gasteiger partial charge < -0.3 is 10.6 Å². The van der Waals surface area contributed by atoms with Crippen molar-refractivity contribution in [1.29, 1.82) is 0 Å². The standard InChI is InChI=1S/C16H29N3O/c1-13-10-18-9-5-6-14(18)11-19(13)15(20)16(12-17)7-3-2-4-8-16/h13-14H,2-12,17H2,1H3. The fourth-order valence-corrected chi connectivity index (χ4v) is 4.51. The minimum absolute atomic E-state index is 0.243. The Bertz CT molecular complexity index is 365. The molecule has 0 radical (unpaired) electrons. The van der Waals surface area contributed by atoms with Crippen molar-refractivity contribution in [3.8, 4) is 0 Å². The average Bonchev–Trinajstić information content (AvgIpc) is 2.93. The van der Waals surface area contributed by atoms with Crippen LogP contribution < -0.4 is 5.73 Å². The van der Waals surface area contributed by atoms with Gasteiger partial charge in [-0.25, -0.2) is 0 Å². The predicted molar refractivity (Wildman–Crippen MR) is 80.3 cm³/mol. The number of nitrogens with zero attached hydrogens (tertiary/aromatic N) is 2. The highest BCUT2D eigenvalue weighted by molar-refractivity contribution is 5.83. The van der Waals surface area contributed by atoms with Gasteiger partial charge in [0.2, 0.25) is 5.91 Å². The van der Waals surface area contributed by atoms with Crippen molar-refractivity contribution in [1.82, 2.24) is 9.80 Å². The van der Waals surface area contributed by atoms with Gasteiger partial charge in [-0.2, -0.15) is 0 Å². The summed E-state index contributed by atoms with van der Waals surface area (Å²) in [6, 6.07) is 0.954. The lowest BCUT2D eigenvalue weighted by Gasteiger charge is -2.47. The molecular weight excluding hydrogens is 250 g/mol. The maximum atomic E-state index is 13.1. The van der Waals surface area contributed by atoms with Crippen LogP contribution in [0.25, 0.3) is 0 Å². The molecule has 1 amide bonds. The lowest BCUT2D eigenvalue weighted by molar-refractivity contribution is -0.149. The molecule has 0 aromatic carbocycles. The quantitative estimate of drug-likeness (QED) is 0.835. The van der Waals surface area contributed by atoms with Crippen molar-refractivity contribution in [2.45, 2.75) is 64.0 Å². The molecule has 20 heavy (non-hydrogen) atoms. The molecule has 0 aromatic heterocycles. The molecule has 2 atom stereocenters.